The van der Waals surface area contributed by atoms with Crippen LogP contribution >= 0.6 is 0 Å². The van der Waals surface area contributed by atoms with E-state index >= 15 is 0 Å². The topological polar surface area (TPSA) is 95.1 Å². The fourth-order valence-electron chi connectivity index (χ4n) is 3.32. The van der Waals surface area contributed by atoms with Gasteiger partial charge in [0.15, 0.2) is 0 Å². The number of carbonyl (C=O) groups excluding carboxylic acids is 1. The van der Waals surface area contributed by atoms with Crippen LogP contribution in [0.5, 0.6) is 0 Å². The highest BCUT2D eigenvalue weighted by atomic mass is 16.4. The Morgan fingerprint density at radius 2 is 2.04 bits per heavy atom. The molecule has 0 spiro atoms. The van der Waals surface area contributed by atoms with Crippen LogP contribution in [0.2, 0.25) is 0 Å². The molecule has 1 aromatic carbocycles. The van der Waals surface area contributed by atoms with Gasteiger partial charge in [-0.2, -0.15) is 5.10 Å². The number of hydrogen-bond donors (Lipinski definition) is 3. The quantitative estimate of drug-likeness (QED) is 0.811. The molecule has 0 saturated heterocycles. The second-order valence-electron chi connectivity index (χ2n) is 6.67. The predicted octanol–water partition coefficient (Wildman–Crippen LogP) is 2.63. The van der Waals surface area contributed by atoms with Crippen LogP contribution in [0.1, 0.15) is 48.5 Å². The molecule has 1 aliphatic rings. The lowest BCUT2D eigenvalue weighted by Gasteiger charge is -2.36. The number of amides is 1. The Kier molecular flexibility index (Phi) is 3.83. The fourth-order valence-corrected chi connectivity index (χ4v) is 3.32. The number of aryl methyl sites for hydroxylation is 1. The minimum atomic E-state index is -1.17. The van der Waals surface area contributed by atoms with Crippen molar-refractivity contribution in [2.75, 3.05) is 0 Å². The molecule has 1 aliphatic carbocycles. The van der Waals surface area contributed by atoms with Crippen LogP contribution in [0.4, 0.5) is 0 Å². The van der Waals surface area contributed by atoms with Crippen LogP contribution in [0, 0.1) is 12.8 Å². The van der Waals surface area contributed by atoms with Crippen molar-refractivity contribution in [1.82, 2.24) is 15.5 Å². The van der Waals surface area contributed by atoms with Crippen LogP contribution in [-0.2, 0) is 4.79 Å². The number of aromatic nitrogens is 2. The summed E-state index contributed by atoms with van der Waals surface area (Å²) >= 11 is 0. The first kappa shape index (κ1) is 15.5. The lowest BCUT2D eigenvalue weighted by atomic mass is 9.77. The number of carboxylic acid groups (broad SMARTS) is 1. The van der Waals surface area contributed by atoms with E-state index in [0.29, 0.717) is 29.8 Å². The largest absolute Gasteiger partial charge is 0.480 e. The van der Waals surface area contributed by atoms with E-state index in [9.17, 15) is 14.7 Å². The second-order valence-corrected chi connectivity index (χ2v) is 6.67. The van der Waals surface area contributed by atoms with Gasteiger partial charge in [0.2, 0.25) is 0 Å². The van der Waals surface area contributed by atoms with Gasteiger partial charge in [0, 0.05) is 5.39 Å². The summed E-state index contributed by atoms with van der Waals surface area (Å²) in [5.74, 6) is -0.816. The Balaban J connectivity index is 1.92. The molecule has 23 heavy (non-hydrogen) atoms. The van der Waals surface area contributed by atoms with Crippen LogP contribution < -0.4 is 5.32 Å². The van der Waals surface area contributed by atoms with Crippen molar-refractivity contribution in [2.45, 2.75) is 45.1 Å². The zero-order chi connectivity index (χ0) is 16.6. The number of carboxylic acids is 1. The van der Waals surface area contributed by atoms with Gasteiger partial charge >= 0.3 is 5.97 Å². The van der Waals surface area contributed by atoms with Gasteiger partial charge in [0.1, 0.15) is 5.54 Å². The summed E-state index contributed by atoms with van der Waals surface area (Å²) in [6, 6.07) is 3.70. The molecule has 0 aliphatic heterocycles. The first-order chi connectivity index (χ1) is 10.9. The zero-order valence-corrected chi connectivity index (χ0v) is 13.3. The first-order valence-corrected chi connectivity index (χ1v) is 7.91. The summed E-state index contributed by atoms with van der Waals surface area (Å²) in [4.78, 5) is 24.5. The molecule has 0 bridgehead atoms. The molecule has 1 heterocycles. The summed E-state index contributed by atoms with van der Waals surface area (Å²) in [7, 11) is 0. The number of fused-ring (bicyclic) bond motifs is 1. The Morgan fingerprint density at radius 1 is 1.35 bits per heavy atom. The Bertz CT molecular complexity index is 758. The van der Waals surface area contributed by atoms with E-state index in [2.05, 4.69) is 22.4 Å². The van der Waals surface area contributed by atoms with E-state index < -0.39 is 11.5 Å². The maximum atomic E-state index is 12.7. The number of aliphatic carboxylic acids is 1. The second kappa shape index (κ2) is 5.68. The predicted molar refractivity (Wildman–Crippen MR) is 86.3 cm³/mol. The Hall–Kier alpha value is -2.37. The summed E-state index contributed by atoms with van der Waals surface area (Å²) < 4.78 is 0. The molecule has 122 valence electrons. The van der Waals surface area contributed by atoms with Gasteiger partial charge < -0.3 is 10.4 Å². The zero-order valence-electron chi connectivity index (χ0n) is 13.3. The van der Waals surface area contributed by atoms with Crippen LogP contribution in [0.3, 0.4) is 0 Å². The highest BCUT2D eigenvalue weighted by molar-refractivity contribution is 6.07. The molecular formula is C17H21N3O3. The van der Waals surface area contributed by atoms with Crippen molar-refractivity contribution in [3.63, 3.8) is 0 Å². The third-order valence-corrected chi connectivity index (χ3v) is 4.83. The third-order valence-electron chi connectivity index (χ3n) is 4.83. The Labute approximate surface area is 134 Å². The van der Waals surface area contributed by atoms with Gasteiger partial charge in [0.25, 0.3) is 5.91 Å². The molecule has 0 unspecified atom stereocenters. The standard InChI is InChI=1S/C17H21N3O3/c1-10-3-5-17(6-4-10,16(22)23)19-15(21)13-8-11(2)7-12-9-18-20-14(12)13/h7-10H,3-6H2,1-2H3,(H,18,20)(H,19,21)(H,22,23). The molecule has 3 N–H and O–H groups in total. The molecule has 1 saturated carbocycles. The van der Waals surface area contributed by atoms with Gasteiger partial charge in [-0.1, -0.05) is 6.92 Å². The molecule has 0 atom stereocenters. The summed E-state index contributed by atoms with van der Waals surface area (Å²) in [5, 5.41) is 20.1. The normalized spacial score (nSPS) is 24.5. The highest BCUT2D eigenvalue weighted by Crippen LogP contribution is 2.33. The van der Waals surface area contributed by atoms with Crippen molar-refractivity contribution >= 4 is 22.8 Å². The minimum Gasteiger partial charge on any atom is -0.480 e. The van der Waals surface area contributed by atoms with E-state index in [1.807, 2.05) is 13.0 Å². The van der Waals surface area contributed by atoms with Crippen molar-refractivity contribution in [2.24, 2.45) is 5.92 Å². The van der Waals surface area contributed by atoms with Gasteiger partial charge in [-0.25, -0.2) is 4.79 Å². The summed E-state index contributed by atoms with van der Waals surface area (Å²) in [6.45, 7) is 4.01. The maximum Gasteiger partial charge on any atom is 0.329 e. The van der Waals surface area contributed by atoms with E-state index in [0.717, 1.165) is 23.8 Å². The van der Waals surface area contributed by atoms with Gasteiger partial charge in [-0.15, -0.1) is 0 Å². The number of rotatable bonds is 3. The van der Waals surface area contributed by atoms with Gasteiger partial charge in [0.05, 0.1) is 17.3 Å². The lowest BCUT2D eigenvalue weighted by Crippen LogP contribution is -2.56. The van der Waals surface area contributed by atoms with Crippen molar-refractivity contribution in [1.29, 1.82) is 0 Å². The molecule has 3 rings (SSSR count). The third kappa shape index (κ3) is 2.81. The number of H-pyrrole nitrogens is 1. The average molecular weight is 315 g/mol. The minimum absolute atomic E-state index is 0.361. The number of hydrogen-bond acceptors (Lipinski definition) is 3. The number of aromatic amines is 1. The van der Waals surface area contributed by atoms with E-state index in [1.165, 1.54) is 0 Å². The maximum absolute atomic E-state index is 12.7. The van der Waals surface area contributed by atoms with Crippen molar-refractivity contribution in [3.8, 4) is 0 Å². The number of benzene rings is 1. The average Bonchev–Trinajstić information content (AvgIpc) is 2.96. The molecule has 2 aromatic rings. The molecule has 1 fully saturated rings. The van der Waals surface area contributed by atoms with Gasteiger partial charge in [-0.3, -0.25) is 9.89 Å². The molecule has 0 radical (unpaired) electrons. The fraction of sp³-hybridized carbons (Fsp3) is 0.471. The number of nitrogens with one attached hydrogen (secondary N) is 2. The number of nitrogens with zero attached hydrogens (tertiary/aromatic N) is 1. The molecule has 6 heteroatoms. The molecule has 6 nitrogen and oxygen atoms in total. The number of carbonyl (C=O) groups is 2. The SMILES string of the molecule is Cc1cc(C(=O)NC2(C(=O)O)CCC(C)CC2)c2[nH]ncc2c1. The lowest BCUT2D eigenvalue weighted by molar-refractivity contribution is -0.146. The first-order valence-electron chi connectivity index (χ1n) is 7.91. The van der Waals surface area contributed by atoms with Crippen molar-refractivity contribution in [3.05, 3.63) is 29.5 Å². The highest BCUT2D eigenvalue weighted by Gasteiger charge is 2.42. The van der Waals surface area contributed by atoms with Crippen LogP contribution in [0.25, 0.3) is 10.9 Å². The molecular weight excluding hydrogens is 294 g/mol. The smallest absolute Gasteiger partial charge is 0.329 e. The van der Waals surface area contributed by atoms with Crippen molar-refractivity contribution < 1.29 is 14.7 Å². The van der Waals surface area contributed by atoms with Crippen LogP contribution in [0.15, 0.2) is 18.3 Å². The van der Waals surface area contributed by atoms with E-state index in [4.69, 9.17) is 0 Å². The summed E-state index contributed by atoms with van der Waals surface area (Å²) in [6.07, 6.45) is 4.20. The van der Waals surface area contributed by atoms with Gasteiger partial charge in [-0.05, 0) is 56.2 Å². The molecule has 1 aromatic heterocycles. The summed E-state index contributed by atoms with van der Waals surface area (Å²) in [5.41, 5.74) is 0.847. The van der Waals surface area contributed by atoms with E-state index in [-0.39, 0.29) is 5.91 Å². The molecule has 1 amide bonds. The Morgan fingerprint density at radius 3 is 2.70 bits per heavy atom. The monoisotopic (exact) mass is 315 g/mol. The van der Waals surface area contributed by atoms with E-state index in [1.54, 1.807) is 12.3 Å². The van der Waals surface area contributed by atoms with Crippen LogP contribution in [-0.4, -0.2) is 32.7 Å².